The molecule has 1 aliphatic rings. The lowest BCUT2D eigenvalue weighted by Crippen LogP contribution is -2.20. The average molecular weight is 731 g/mol. The fraction of sp³-hybridized carbons (Fsp3) is 0.378. The first kappa shape index (κ1) is 44.2. The molecule has 4 rings (SSSR count). The van der Waals surface area contributed by atoms with Crippen LogP contribution in [0.1, 0.15) is 113 Å². The van der Waals surface area contributed by atoms with Crippen LogP contribution in [0, 0.1) is 33.6 Å². The number of carbonyl (C=O) groups excluding carboxylic acids is 1. The molecule has 0 atom stereocenters. The van der Waals surface area contributed by atoms with Gasteiger partial charge >= 0.3 is 11.8 Å². The number of hydrogen-bond acceptors (Lipinski definition) is 6. The Morgan fingerprint density at radius 3 is 2.02 bits per heavy atom. The Morgan fingerprint density at radius 1 is 0.870 bits per heavy atom. The predicted molar refractivity (Wildman–Crippen MR) is 216 cm³/mol. The number of ether oxygens (including phenoxy) is 1. The van der Waals surface area contributed by atoms with Crippen molar-refractivity contribution in [2.24, 2.45) is 0 Å². The van der Waals surface area contributed by atoms with Crippen molar-refractivity contribution < 1.29 is 24.2 Å². The van der Waals surface area contributed by atoms with E-state index in [1.165, 1.54) is 57.6 Å². The van der Waals surface area contributed by atoms with Crippen LogP contribution in [0.4, 0.5) is 0 Å². The van der Waals surface area contributed by atoms with Crippen molar-refractivity contribution in [2.75, 3.05) is 13.1 Å². The van der Waals surface area contributed by atoms with Crippen LogP contribution in [0.3, 0.4) is 0 Å². The van der Waals surface area contributed by atoms with Crippen molar-refractivity contribution in [2.45, 2.75) is 98.8 Å². The normalized spacial score (nSPS) is 12.6. The van der Waals surface area contributed by atoms with E-state index < -0.39 is 5.97 Å². The lowest BCUT2D eigenvalue weighted by Gasteiger charge is -2.20. The molecule has 0 bridgehead atoms. The first-order chi connectivity index (χ1) is 26.0. The number of aryl methyl sites for hydroxylation is 2. The molecule has 9 heteroatoms. The Kier molecular flexibility index (Phi) is 19.9. The van der Waals surface area contributed by atoms with Gasteiger partial charge in [-0.05, 0) is 80.3 Å². The molecule has 0 spiro atoms. The molecule has 0 radical (unpaired) electrons. The third kappa shape index (κ3) is 14.9. The second kappa shape index (κ2) is 24.3. The van der Waals surface area contributed by atoms with Gasteiger partial charge < -0.3 is 24.3 Å². The van der Waals surface area contributed by atoms with E-state index in [-0.39, 0.29) is 28.9 Å². The van der Waals surface area contributed by atoms with Crippen molar-refractivity contribution in [1.82, 2.24) is 4.90 Å². The monoisotopic (exact) mass is 730 g/mol. The Hall–Kier alpha value is -5.98. The molecule has 1 aromatic heterocycles. The number of cyclic esters (lactones) is 1. The first-order valence-corrected chi connectivity index (χ1v) is 18.6. The zero-order valence-corrected chi connectivity index (χ0v) is 32.6. The maximum absolute atomic E-state index is 11.8. The molecule has 0 amide bonds. The Labute approximate surface area is 322 Å². The Balaban J connectivity index is 0.000000291. The molecule has 1 aliphatic heterocycles. The Bertz CT molecular complexity index is 1850. The van der Waals surface area contributed by atoms with Crippen molar-refractivity contribution in [3.8, 4) is 11.5 Å². The minimum Gasteiger partial charge on any atom is -0.508 e. The van der Waals surface area contributed by atoms with Crippen LogP contribution in [-0.2, 0) is 9.53 Å². The van der Waals surface area contributed by atoms with Crippen LogP contribution in [0.25, 0.3) is 26.2 Å². The van der Waals surface area contributed by atoms with Crippen molar-refractivity contribution in [3.63, 3.8) is 0 Å². The maximum Gasteiger partial charge on any atom is 0.519 e. The number of phenols is 2. The summed E-state index contributed by atoms with van der Waals surface area (Å²) < 4.78 is 10.4. The Morgan fingerprint density at radius 2 is 1.50 bits per heavy atom. The highest BCUT2D eigenvalue weighted by molar-refractivity contribution is 6.09. The molecular weight excluding hydrogens is 677 g/mol. The summed E-state index contributed by atoms with van der Waals surface area (Å²) in [5, 5.41) is 18.8. The molecule has 0 saturated carbocycles. The van der Waals surface area contributed by atoms with Gasteiger partial charge in [0.25, 0.3) is 5.70 Å². The third-order valence-corrected chi connectivity index (χ3v) is 8.48. The minimum atomic E-state index is -0.626. The molecule has 3 aromatic rings. The van der Waals surface area contributed by atoms with Crippen molar-refractivity contribution in [1.29, 1.82) is 0 Å². The van der Waals surface area contributed by atoms with Crippen LogP contribution in [0.15, 0.2) is 94.8 Å². The lowest BCUT2D eigenvalue weighted by molar-refractivity contribution is -0.132. The minimum absolute atomic E-state index is 0.00309. The highest BCUT2D eigenvalue weighted by Gasteiger charge is 2.31. The van der Waals surface area contributed by atoms with E-state index in [1.807, 2.05) is 57.3 Å². The van der Waals surface area contributed by atoms with Crippen molar-refractivity contribution in [3.05, 3.63) is 153 Å². The highest BCUT2D eigenvalue weighted by Crippen LogP contribution is 2.36. The molecule has 2 aromatic carbocycles. The topological polar surface area (TPSA) is 96.2 Å². The molecule has 0 fully saturated rings. The fourth-order valence-corrected chi connectivity index (χ4v) is 5.38. The number of aromatic hydroxyl groups is 2. The number of rotatable bonds is 15. The van der Waals surface area contributed by atoms with Crippen LogP contribution < -0.4 is 0 Å². The van der Waals surface area contributed by atoms with Gasteiger partial charge in [-0.3, -0.25) is 4.79 Å². The van der Waals surface area contributed by atoms with E-state index in [0.717, 1.165) is 29.8 Å². The summed E-state index contributed by atoms with van der Waals surface area (Å²) in [4.78, 5) is 23.8. The number of hydrogen-bond donors (Lipinski definition) is 2. The number of benzene rings is 2. The number of carbonyl (C=O) groups is 1. The van der Waals surface area contributed by atoms with E-state index in [2.05, 4.69) is 33.3 Å². The molecule has 284 valence electrons. The summed E-state index contributed by atoms with van der Waals surface area (Å²) in [5.74, 6) is 1.15. The fourth-order valence-electron chi connectivity index (χ4n) is 5.38. The summed E-state index contributed by atoms with van der Waals surface area (Å²) in [6.45, 7) is 35.2. The smallest absolute Gasteiger partial charge is 0.508 e. The van der Waals surface area contributed by atoms with Crippen molar-refractivity contribution >= 4 is 17.6 Å². The zero-order chi connectivity index (χ0) is 39.9. The molecule has 0 aliphatic carbocycles. The van der Waals surface area contributed by atoms with Gasteiger partial charge in [0.2, 0.25) is 0 Å². The SMILES string of the molecule is Cc1cc(O)c(C(C)C)cc1O.[C-]#[N+]C(=C/C=C\N(CCCCCC)CCCCCC)[N+]#[C-].[C-]#[N+]C1=C(c2ccc(C)cc2)C(=Cc2ccco2)OC1=O. The number of furan rings is 1. The second-order valence-electron chi connectivity index (χ2n) is 13.2. The molecular formula is C45H54N4O5. The van der Waals surface area contributed by atoms with Gasteiger partial charge in [0, 0.05) is 36.4 Å². The lowest BCUT2D eigenvalue weighted by atomic mass is 10.00. The quantitative estimate of drug-likeness (QED) is 0.0531. The number of phenolic OH excluding ortho intramolecular Hbond substituents is 2. The van der Waals surface area contributed by atoms with Crippen LogP contribution >= 0.6 is 0 Å². The molecule has 0 unspecified atom stereocenters. The highest BCUT2D eigenvalue weighted by atomic mass is 16.5. The number of allylic oxidation sites excluding steroid dienone is 3. The summed E-state index contributed by atoms with van der Waals surface area (Å²) in [6, 6.07) is 14.3. The van der Waals surface area contributed by atoms with Gasteiger partial charge in [0.15, 0.2) is 0 Å². The summed E-state index contributed by atoms with van der Waals surface area (Å²) in [6.07, 6.45) is 18.7. The second-order valence-corrected chi connectivity index (χ2v) is 13.2. The van der Waals surface area contributed by atoms with Gasteiger partial charge in [-0.15, -0.1) is 0 Å². The van der Waals surface area contributed by atoms with Gasteiger partial charge in [-0.2, -0.15) is 9.69 Å². The summed E-state index contributed by atoms with van der Waals surface area (Å²) >= 11 is 0. The third-order valence-electron chi connectivity index (χ3n) is 8.48. The average Bonchev–Trinajstić information content (AvgIpc) is 3.79. The zero-order valence-electron chi connectivity index (χ0n) is 32.6. The molecule has 2 N–H and O–H groups in total. The van der Waals surface area contributed by atoms with E-state index in [1.54, 1.807) is 43.3 Å². The van der Waals surface area contributed by atoms with Gasteiger partial charge in [-0.25, -0.2) is 4.85 Å². The summed E-state index contributed by atoms with van der Waals surface area (Å²) in [5.41, 5.74) is 3.87. The number of esters is 1. The molecule has 0 saturated heterocycles. The maximum atomic E-state index is 11.8. The van der Waals surface area contributed by atoms with Crippen LogP contribution in [-0.4, -0.2) is 34.2 Å². The van der Waals surface area contributed by atoms with Crippen LogP contribution in [0.2, 0.25) is 0 Å². The number of unbranched alkanes of at least 4 members (excludes halogenated alkanes) is 6. The number of nitrogens with zero attached hydrogens (tertiary/aromatic N) is 4. The van der Waals surface area contributed by atoms with E-state index >= 15 is 0 Å². The largest absolute Gasteiger partial charge is 0.519 e. The van der Waals surface area contributed by atoms with E-state index in [9.17, 15) is 15.0 Å². The molecule has 9 nitrogen and oxygen atoms in total. The molecule has 54 heavy (non-hydrogen) atoms. The van der Waals surface area contributed by atoms with Gasteiger partial charge in [-0.1, -0.05) is 96.0 Å². The van der Waals surface area contributed by atoms with Gasteiger partial charge in [0.05, 0.1) is 12.8 Å². The standard InChI is InChI=1S/C18H29N3.C17H11NO3.C10H14O2/c1-5-7-9-11-15-21(16-12-10-8-6-2)17-13-14-18(19-3)20-4;1-11-5-7-12(8-6-11)15-14(10-13-4-3-9-20-13)21-17(19)16(15)18-2;1-6(2)8-5-9(11)7(3)4-10(8)12/h13-14,17H,5-12,15-16H2,1-2H3;3-10H,1H3;4-6,11-12H,1-3H3/b17-13-;;. The molecule has 2 heterocycles. The predicted octanol–water partition coefficient (Wildman–Crippen LogP) is 12.0. The van der Waals surface area contributed by atoms with E-state index in [4.69, 9.17) is 28.9 Å². The summed E-state index contributed by atoms with van der Waals surface area (Å²) in [7, 11) is 0. The van der Waals surface area contributed by atoms with Gasteiger partial charge in [0.1, 0.15) is 36.2 Å². The van der Waals surface area contributed by atoms with E-state index in [0.29, 0.717) is 22.7 Å². The van der Waals surface area contributed by atoms with Crippen LogP contribution in [0.5, 0.6) is 11.5 Å². The first-order valence-electron chi connectivity index (χ1n) is 18.6.